The van der Waals surface area contributed by atoms with Crippen molar-refractivity contribution >= 4 is 9.24 Å². The lowest BCUT2D eigenvalue weighted by molar-refractivity contribution is 0.400. The van der Waals surface area contributed by atoms with Crippen LogP contribution in [0.15, 0.2) is 0 Å². The quantitative estimate of drug-likeness (QED) is 0.360. The lowest BCUT2D eigenvalue weighted by atomic mass is 9.93. The molecule has 0 amide bonds. The van der Waals surface area contributed by atoms with Gasteiger partial charge in [-0.15, -0.1) is 9.24 Å². The molecule has 0 spiro atoms. The highest BCUT2D eigenvalue weighted by atomic mass is 31.0. The summed E-state index contributed by atoms with van der Waals surface area (Å²) in [6.07, 6.45) is 12.5. The molecule has 1 nitrogen and oxygen atoms in total. The zero-order valence-electron chi connectivity index (χ0n) is 13.9. The molecule has 0 bridgehead atoms. The van der Waals surface area contributed by atoms with Gasteiger partial charge >= 0.3 is 0 Å². The zero-order chi connectivity index (χ0) is 14.5. The van der Waals surface area contributed by atoms with Crippen LogP contribution in [0, 0.1) is 11.8 Å². The van der Waals surface area contributed by atoms with E-state index < -0.39 is 0 Å². The van der Waals surface area contributed by atoms with Crippen LogP contribution >= 0.6 is 9.24 Å². The van der Waals surface area contributed by atoms with Crippen LogP contribution in [-0.2, 0) is 0 Å². The highest BCUT2D eigenvalue weighted by Gasteiger charge is 2.06. The second-order valence-electron chi connectivity index (χ2n) is 6.46. The molecule has 0 heterocycles. The van der Waals surface area contributed by atoms with Crippen LogP contribution in [0.3, 0.4) is 0 Å². The Morgan fingerprint density at radius 1 is 0.789 bits per heavy atom. The van der Waals surface area contributed by atoms with Crippen molar-refractivity contribution in [3.05, 3.63) is 0 Å². The standard InChI is InChI=1S/C17H38NP/c1-5-18-17(4)12-7-6-9-15(2)10-8-11-16(3)13-14-19/h15-18H,5-14,19H2,1-4H3/t15?,16-,17?/m0/s1. The van der Waals surface area contributed by atoms with E-state index in [4.69, 9.17) is 0 Å². The predicted octanol–water partition coefficient (Wildman–Crippen LogP) is 5.25. The number of rotatable bonds is 13. The van der Waals surface area contributed by atoms with Crippen LogP contribution in [0.5, 0.6) is 0 Å². The van der Waals surface area contributed by atoms with E-state index in [1.807, 2.05) is 0 Å². The molecule has 0 saturated carbocycles. The van der Waals surface area contributed by atoms with Gasteiger partial charge < -0.3 is 5.32 Å². The summed E-state index contributed by atoms with van der Waals surface area (Å²) in [7, 11) is 2.85. The maximum absolute atomic E-state index is 3.49. The van der Waals surface area contributed by atoms with E-state index in [9.17, 15) is 0 Å². The molecule has 19 heavy (non-hydrogen) atoms. The monoisotopic (exact) mass is 287 g/mol. The third-order valence-corrected chi connectivity index (χ3v) is 4.52. The molecule has 0 fully saturated rings. The normalized spacial score (nSPS) is 16.3. The van der Waals surface area contributed by atoms with Crippen molar-refractivity contribution < 1.29 is 0 Å². The van der Waals surface area contributed by atoms with Crippen molar-refractivity contribution in [3.63, 3.8) is 0 Å². The first kappa shape index (κ1) is 19.4. The molecule has 2 heteroatoms. The predicted molar refractivity (Wildman–Crippen MR) is 93.0 cm³/mol. The molecule has 0 aromatic carbocycles. The number of hydrogen-bond acceptors (Lipinski definition) is 1. The molecule has 4 atom stereocenters. The molecule has 0 rings (SSSR count). The van der Waals surface area contributed by atoms with Crippen LogP contribution in [-0.4, -0.2) is 18.7 Å². The molecule has 116 valence electrons. The van der Waals surface area contributed by atoms with E-state index in [1.165, 1.54) is 57.5 Å². The van der Waals surface area contributed by atoms with Crippen LogP contribution in [0.4, 0.5) is 0 Å². The molecule has 0 aromatic rings. The molecule has 3 unspecified atom stereocenters. The van der Waals surface area contributed by atoms with Gasteiger partial charge in [-0.05, 0) is 44.3 Å². The Kier molecular flexibility index (Phi) is 13.7. The van der Waals surface area contributed by atoms with E-state index in [-0.39, 0.29) is 0 Å². The first-order valence-electron chi connectivity index (χ1n) is 8.53. The highest BCUT2D eigenvalue weighted by Crippen LogP contribution is 2.20. The molecule has 0 aliphatic carbocycles. The van der Waals surface area contributed by atoms with Crippen LogP contribution < -0.4 is 5.32 Å². The average Bonchev–Trinajstić information content (AvgIpc) is 2.35. The van der Waals surface area contributed by atoms with Crippen molar-refractivity contribution in [2.24, 2.45) is 11.8 Å². The van der Waals surface area contributed by atoms with Crippen molar-refractivity contribution in [2.75, 3.05) is 12.7 Å². The Labute approximate surface area is 124 Å². The summed E-state index contributed by atoms with van der Waals surface area (Å²) in [6.45, 7) is 10.4. The van der Waals surface area contributed by atoms with Gasteiger partial charge in [0.15, 0.2) is 0 Å². The topological polar surface area (TPSA) is 12.0 Å². The number of unbranched alkanes of at least 4 members (excludes halogenated alkanes) is 1. The van der Waals surface area contributed by atoms with Crippen LogP contribution in [0.25, 0.3) is 0 Å². The molecular weight excluding hydrogens is 249 g/mol. The largest absolute Gasteiger partial charge is 0.315 e. The van der Waals surface area contributed by atoms with Crippen molar-refractivity contribution in [2.45, 2.75) is 85.1 Å². The van der Waals surface area contributed by atoms with Crippen LogP contribution in [0.1, 0.15) is 79.1 Å². The Morgan fingerprint density at radius 3 is 1.89 bits per heavy atom. The third kappa shape index (κ3) is 13.1. The van der Waals surface area contributed by atoms with Gasteiger partial charge in [-0.1, -0.05) is 59.3 Å². The lowest BCUT2D eigenvalue weighted by Crippen LogP contribution is -2.25. The van der Waals surface area contributed by atoms with Gasteiger partial charge in [0.25, 0.3) is 0 Å². The number of nitrogens with one attached hydrogen (secondary N) is 1. The van der Waals surface area contributed by atoms with Gasteiger partial charge in [0.2, 0.25) is 0 Å². The van der Waals surface area contributed by atoms with Gasteiger partial charge in [0.1, 0.15) is 0 Å². The minimum Gasteiger partial charge on any atom is -0.315 e. The van der Waals surface area contributed by atoms with Gasteiger partial charge in [0.05, 0.1) is 0 Å². The van der Waals surface area contributed by atoms with E-state index in [2.05, 4.69) is 42.3 Å². The van der Waals surface area contributed by atoms with Gasteiger partial charge in [-0.2, -0.15) is 0 Å². The Balaban J connectivity index is 3.36. The lowest BCUT2D eigenvalue weighted by Gasteiger charge is -2.15. The molecule has 1 N–H and O–H groups in total. The molecular formula is C17H38NP. The SMILES string of the molecule is CCNC(C)CCCCC(C)CCC[C@H](C)CCP. The molecule has 0 radical (unpaired) electrons. The summed E-state index contributed by atoms with van der Waals surface area (Å²) in [5.74, 6) is 1.85. The summed E-state index contributed by atoms with van der Waals surface area (Å²) < 4.78 is 0. The second-order valence-corrected chi connectivity index (χ2v) is 7.04. The van der Waals surface area contributed by atoms with E-state index in [0.717, 1.165) is 18.4 Å². The second kappa shape index (κ2) is 13.4. The average molecular weight is 287 g/mol. The Morgan fingerprint density at radius 2 is 1.32 bits per heavy atom. The summed E-state index contributed by atoms with van der Waals surface area (Å²) >= 11 is 0. The summed E-state index contributed by atoms with van der Waals surface area (Å²) in [5.41, 5.74) is 0. The third-order valence-electron chi connectivity index (χ3n) is 4.19. The van der Waals surface area contributed by atoms with Crippen molar-refractivity contribution in [1.82, 2.24) is 5.32 Å². The fourth-order valence-electron chi connectivity index (χ4n) is 2.78. The fraction of sp³-hybridized carbons (Fsp3) is 1.00. The summed E-state index contributed by atoms with van der Waals surface area (Å²) in [6, 6.07) is 0.702. The first-order chi connectivity index (χ1) is 9.10. The summed E-state index contributed by atoms with van der Waals surface area (Å²) in [4.78, 5) is 0. The van der Waals surface area contributed by atoms with Crippen molar-refractivity contribution in [3.8, 4) is 0 Å². The van der Waals surface area contributed by atoms with Gasteiger partial charge in [0, 0.05) is 6.04 Å². The smallest absolute Gasteiger partial charge is 0.00386 e. The maximum atomic E-state index is 3.49. The molecule has 0 saturated heterocycles. The zero-order valence-corrected chi connectivity index (χ0v) is 15.0. The first-order valence-corrected chi connectivity index (χ1v) is 9.35. The Hall–Kier alpha value is 0.390. The van der Waals surface area contributed by atoms with Gasteiger partial charge in [-0.25, -0.2) is 0 Å². The number of hydrogen-bond donors (Lipinski definition) is 1. The molecule has 0 aliphatic heterocycles. The molecule has 0 aliphatic rings. The van der Waals surface area contributed by atoms with Gasteiger partial charge in [-0.3, -0.25) is 0 Å². The van der Waals surface area contributed by atoms with E-state index in [1.54, 1.807) is 0 Å². The van der Waals surface area contributed by atoms with Crippen LogP contribution in [0.2, 0.25) is 0 Å². The minimum absolute atomic E-state index is 0.702. The summed E-state index contributed by atoms with van der Waals surface area (Å²) in [5, 5.41) is 3.49. The highest BCUT2D eigenvalue weighted by molar-refractivity contribution is 7.16. The van der Waals surface area contributed by atoms with Crippen molar-refractivity contribution in [1.29, 1.82) is 0 Å². The molecule has 0 aromatic heterocycles. The van der Waals surface area contributed by atoms with E-state index >= 15 is 0 Å². The van der Waals surface area contributed by atoms with E-state index in [0.29, 0.717) is 6.04 Å². The minimum atomic E-state index is 0.702. The fourth-order valence-corrected chi connectivity index (χ4v) is 3.35. The Bertz CT molecular complexity index is 184. The maximum Gasteiger partial charge on any atom is 0.00386 e.